The van der Waals surface area contributed by atoms with E-state index < -0.39 is 34.9 Å². The fraction of sp³-hybridized carbons (Fsp3) is 0.120. The van der Waals surface area contributed by atoms with Crippen LogP contribution in [-0.2, 0) is 6.18 Å². The first-order valence-corrected chi connectivity index (χ1v) is 9.99. The van der Waals surface area contributed by atoms with E-state index in [-0.39, 0.29) is 28.0 Å². The summed E-state index contributed by atoms with van der Waals surface area (Å²) in [6.45, 7) is 1.80. The zero-order valence-corrected chi connectivity index (χ0v) is 17.1. The molecule has 166 valence electrons. The Labute approximate surface area is 184 Å². The number of carbonyl (C=O) groups is 1. The summed E-state index contributed by atoms with van der Waals surface area (Å²) in [5.41, 5.74) is -0.111. The Hall–Kier alpha value is -3.94. The molecule has 0 radical (unpaired) electrons. The molecule has 0 saturated heterocycles. The van der Waals surface area contributed by atoms with Crippen LogP contribution in [0.25, 0.3) is 11.0 Å². The van der Waals surface area contributed by atoms with E-state index in [1.165, 1.54) is 24.3 Å². The number of nitrogens with zero attached hydrogens (tertiary/aromatic N) is 1. The van der Waals surface area contributed by atoms with Gasteiger partial charge in [-0.15, -0.1) is 0 Å². The van der Waals surface area contributed by atoms with Gasteiger partial charge in [0.1, 0.15) is 11.4 Å². The fourth-order valence-corrected chi connectivity index (χ4v) is 4.15. The third kappa shape index (κ3) is 3.38. The maximum Gasteiger partial charge on any atom is 0.416 e. The van der Waals surface area contributed by atoms with Gasteiger partial charge in [-0.25, -0.2) is 4.39 Å². The van der Waals surface area contributed by atoms with Crippen LogP contribution in [0.15, 0.2) is 75.9 Å². The Morgan fingerprint density at radius 2 is 1.67 bits per heavy atom. The molecule has 1 aromatic heterocycles. The van der Waals surface area contributed by atoms with E-state index in [0.717, 1.165) is 34.7 Å². The molecular weight excluding hydrogens is 438 g/mol. The van der Waals surface area contributed by atoms with Gasteiger partial charge < -0.3 is 4.42 Å². The molecule has 8 heteroatoms. The van der Waals surface area contributed by atoms with Crippen molar-refractivity contribution in [3.63, 3.8) is 0 Å². The number of carbonyl (C=O) groups excluding carboxylic acids is 1. The number of hydrogen-bond donors (Lipinski definition) is 0. The number of fused-ring (bicyclic) bond motifs is 2. The lowest BCUT2D eigenvalue weighted by molar-refractivity contribution is -0.137. The largest absolute Gasteiger partial charge is 0.450 e. The van der Waals surface area contributed by atoms with Crippen molar-refractivity contribution in [3.05, 3.63) is 111 Å². The minimum Gasteiger partial charge on any atom is -0.450 e. The number of aryl methyl sites for hydroxylation is 1. The van der Waals surface area contributed by atoms with Crippen molar-refractivity contribution in [1.29, 1.82) is 0 Å². The first-order valence-electron chi connectivity index (χ1n) is 9.99. The normalized spacial score (nSPS) is 15.8. The standard InChI is InChI=1S/C25H15F4NO3/c1-13-5-10-19-18(11-13)22(31)20-21(14-6-8-16(26)9-7-14)30(24(32)23(20)33-19)17-4-2-3-15(12-17)25(27,28)29/h2-12,21H,1H3. The van der Waals surface area contributed by atoms with Gasteiger partial charge in [0, 0.05) is 5.69 Å². The molecule has 1 amide bonds. The lowest BCUT2D eigenvalue weighted by atomic mass is 9.97. The van der Waals surface area contributed by atoms with Gasteiger partial charge >= 0.3 is 6.18 Å². The molecule has 3 aromatic carbocycles. The highest BCUT2D eigenvalue weighted by atomic mass is 19.4. The lowest BCUT2D eigenvalue weighted by Crippen LogP contribution is -2.29. The van der Waals surface area contributed by atoms with Crippen molar-refractivity contribution >= 4 is 22.6 Å². The molecule has 1 atom stereocenters. The van der Waals surface area contributed by atoms with Crippen molar-refractivity contribution in [1.82, 2.24) is 0 Å². The molecule has 4 aromatic rings. The Morgan fingerprint density at radius 1 is 0.939 bits per heavy atom. The molecule has 0 aliphatic carbocycles. The number of anilines is 1. The second-order valence-corrected chi connectivity index (χ2v) is 7.85. The quantitative estimate of drug-likeness (QED) is 0.350. The Morgan fingerprint density at radius 3 is 2.36 bits per heavy atom. The van der Waals surface area contributed by atoms with E-state index in [0.29, 0.717) is 5.56 Å². The maximum absolute atomic E-state index is 13.6. The molecule has 1 unspecified atom stereocenters. The molecule has 5 rings (SSSR count). The molecule has 0 bridgehead atoms. The van der Waals surface area contributed by atoms with E-state index in [2.05, 4.69) is 0 Å². The summed E-state index contributed by atoms with van der Waals surface area (Å²) in [4.78, 5) is 28.0. The number of alkyl halides is 3. The molecule has 0 saturated carbocycles. The second-order valence-electron chi connectivity index (χ2n) is 7.85. The summed E-state index contributed by atoms with van der Waals surface area (Å²) >= 11 is 0. The zero-order chi connectivity index (χ0) is 23.5. The molecule has 0 spiro atoms. The highest BCUT2D eigenvalue weighted by molar-refractivity contribution is 6.10. The molecule has 2 heterocycles. The SMILES string of the molecule is Cc1ccc2oc3c(c(=O)c2c1)C(c1ccc(F)cc1)N(c1cccc(C(F)(F)F)c1)C3=O. The van der Waals surface area contributed by atoms with Crippen molar-refractivity contribution < 1.29 is 26.8 Å². The number of hydrogen-bond acceptors (Lipinski definition) is 3. The maximum atomic E-state index is 13.6. The van der Waals surface area contributed by atoms with Gasteiger partial charge in [0.05, 0.1) is 22.6 Å². The summed E-state index contributed by atoms with van der Waals surface area (Å²) in [5.74, 6) is -1.53. The molecular formula is C25H15F4NO3. The predicted octanol–water partition coefficient (Wildman–Crippen LogP) is 6.01. The van der Waals surface area contributed by atoms with Crippen LogP contribution in [0.4, 0.5) is 23.2 Å². The summed E-state index contributed by atoms with van der Waals surface area (Å²) in [6.07, 6.45) is -4.63. The van der Waals surface area contributed by atoms with Crippen LogP contribution in [0.3, 0.4) is 0 Å². The highest BCUT2D eigenvalue weighted by Gasteiger charge is 2.44. The van der Waals surface area contributed by atoms with E-state index in [9.17, 15) is 27.2 Å². The average molecular weight is 453 g/mol. The van der Waals surface area contributed by atoms with Crippen molar-refractivity contribution in [2.75, 3.05) is 4.90 Å². The number of halogens is 4. The van der Waals surface area contributed by atoms with Gasteiger partial charge in [-0.1, -0.05) is 29.8 Å². The van der Waals surface area contributed by atoms with Gasteiger partial charge in [0.2, 0.25) is 5.76 Å². The smallest absolute Gasteiger partial charge is 0.416 e. The number of amides is 1. The third-order valence-electron chi connectivity index (χ3n) is 5.66. The van der Waals surface area contributed by atoms with Crippen LogP contribution >= 0.6 is 0 Å². The second kappa shape index (κ2) is 7.30. The highest BCUT2D eigenvalue weighted by Crippen LogP contribution is 2.42. The van der Waals surface area contributed by atoms with E-state index >= 15 is 0 Å². The van der Waals surface area contributed by atoms with Crippen molar-refractivity contribution in [2.45, 2.75) is 19.1 Å². The zero-order valence-electron chi connectivity index (χ0n) is 17.1. The predicted molar refractivity (Wildman–Crippen MR) is 114 cm³/mol. The van der Waals surface area contributed by atoms with Crippen LogP contribution < -0.4 is 10.3 Å². The van der Waals surface area contributed by atoms with E-state index in [1.54, 1.807) is 25.1 Å². The van der Waals surface area contributed by atoms with E-state index in [4.69, 9.17) is 4.42 Å². The molecule has 0 fully saturated rings. The lowest BCUT2D eigenvalue weighted by Gasteiger charge is -2.26. The fourth-order valence-electron chi connectivity index (χ4n) is 4.15. The molecule has 33 heavy (non-hydrogen) atoms. The van der Waals surface area contributed by atoms with Crippen LogP contribution in [0.2, 0.25) is 0 Å². The molecule has 1 aliphatic heterocycles. The van der Waals surface area contributed by atoms with Crippen LogP contribution in [0.5, 0.6) is 0 Å². The summed E-state index contributed by atoms with van der Waals surface area (Å²) in [6, 6.07) is 13.2. The summed E-state index contributed by atoms with van der Waals surface area (Å²) in [5, 5.41) is 0.250. The first-order chi connectivity index (χ1) is 15.6. The van der Waals surface area contributed by atoms with Crippen LogP contribution in [-0.4, -0.2) is 5.91 Å². The van der Waals surface area contributed by atoms with Gasteiger partial charge in [-0.2, -0.15) is 13.2 Å². The topological polar surface area (TPSA) is 50.5 Å². The first kappa shape index (κ1) is 20.9. The Kier molecular flexibility index (Phi) is 4.63. The molecule has 0 N–H and O–H groups in total. The Balaban J connectivity index is 1.79. The third-order valence-corrected chi connectivity index (χ3v) is 5.66. The summed E-state index contributed by atoms with van der Waals surface area (Å²) in [7, 11) is 0. The van der Waals surface area contributed by atoms with E-state index in [1.807, 2.05) is 0 Å². The Bertz CT molecular complexity index is 1470. The van der Waals surface area contributed by atoms with Crippen molar-refractivity contribution in [3.8, 4) is 0 Å². The minimum absolute atomic E-state index is 0.00196. The van der Waals surface area contributed by atoms with Gasteiger partial charge in [-0.05, 0) is 55.0 Å². The number of benzene rings is 3. The van der Waals surface area contributed by atoms with Crippen molar-refractivity contribution in [2.24, 2.45) is 0 Å². The van der Waals surface area contributed by atoms with Crippen LogP contribution in [0, 0.1) is 12.7 Å². The van der Waals surface area contributed by atoms with Gasteiger partial charge in [0.15, 0.2) is 5.43 Å². The molecule has 4 nitrogen and oxygen atoms in total. The molecule has 1 aliphatic rings. The number of rotatable bonds is 2. The summed E-state index contributed by atoms with van der Waals surface area (Å²) < 4.78 is 59.5. The monoisotopic (exact) mass is 453 g/mol. The van der Waals surface area contributed by atoms with Gasteiger partial charge in [0.25, 0.3) is 5.91 Å². The minimum atomic E-state index is -4.63. The van der Waals surface area contributed by atoms with Gasteiger partial charge in [-0.3, -0.25) is 14.5 Å². The average Bonchev–Trinajstić information content (AvgIpc) is 3.07. The van der Waals surface area contributed by atoms with Crippen LogP contribution in [0.1, 0.15) is 38.9 Å².